The van der Waals surface area contributed by atoms with Gasteiger partial charge >= 0.3 is 0 Å². The zero-order valence-electron chi connectivity index (χ0n) is 13.0. The molecule has 3 rings (SSSR count). The van der Waals surface area contributed by atoms with Gasteiger partial charge in [-0.25, -0.2) is 9.37 Å². The Labute approximate surface area is 143 Å². The number of aromatic nitrogens is 2. The number of rotatable bonds is 5. The highest BCUT2D eigenvalue weighted by atomic mass is 32.2. The zero-order valence-corrected chi connectivity index (χ0v) is 13.8. The largest absolute Gasteiger partial charge is 0.329 e. The molecule has 6 heteroatoms. The fourth-order valence-electron chi connectivity index (χ4n) is 2.21. The fourth-order valence-corrected chi connectivity index (χ4v) is 3.23. The van der Waals surface area contributed by atoms with Gasteiger partial charge in [0.05, 0.1) is 0 Å². The third kappa shape index (κ3) is 3.83. The third-order valence-corrected chi connectivity index (χ3v) is 4.78. The van der Waals surface area contributed by atoms with Gasteiger partial charge in [-0.3, -0.25) is 4.79 Å². The summed E-state index contributed by atoms with van der Waals surface area (Å²) in [5.74, 6) is -0.518. The highest BCUT2D eigenvalue weighted by Gasteiger charge is 2.23. The van der Waals surface area contributed by atoms with Gasteiger partial charge < -0.3 is 9.88 Å². The maximum Gasteiger partial charge on any atom is 0.242 e. The molecule has 4 nitrogen and oxygen atoms in total. The molecule has 0 aliphatic rings. The molecule has 24 heavy (non-hydrogen) atoms. The molecule has 2 aromatic carbocycles. The number of amides is 1. The highest BCUT2D eigenvalue weighted by molar-refractivity contribution is 8.00. The summed E-state index contributed by atoms with van der Waals surface area (Å²) in [5.41, 5.74) is 1.44. The van der Waals surface area contributed by atoms with Crippen LogP contribution in [0.2, 0.25) is 0 Å². The monoisotopic (exact) mass is 341 g/mol. The number of hydrogen-bond acceptors (Lipinski definition) is 3. The molecular weight excluding hydrogens is 325 g/mol. The number of halogens is 1. The van der Waals surface area contributed by atoms with Gasteiger partial charge in [0.2, 0.25) is 5.91 Å². The van der Waals surface area contributed by atoms with Crippen LogP contribution in [0.4, 0.5) is 10.1 Å². The molecule has 0 fully saturated rings. The van der Waals surface area contributed by atoms with E-state index in [1.54, 1.807) is 18.3 Å². The summed E-state index contributed by atoms with van der Waals surface area (Å²) >= 11 is 1.37. The van der Waals surface area contributed by atoms with Crippen LogP contribution in [-0.4, -0.2) is 15.5 Å². The standard InChI is InChI=1S/C18H16FN3OS/c1-22-12-11-20-18(22)24-16(13-5-3-2-4-6-13)17(23)21-15-9-7-14(19)8-10-15/h2-12,16H,1H3,(H,21,23)/t16-/m0/s1. The molecule has 1 heterocycles. The predicted molar refractivity (Wildman–Crippen MR) is 93.3 cm³/mol. The Balaban J connectivity index is 1.85. The van der Waals surface area contributed by atoms with Gasteiger partial charge in [-0.1, -0.05) is 42.1 Å². The first kappa shape index (κ1) is 16.3. The molecule has 0 bridgehead atoms. The zero-order chi connectivity index (χ0) is 16.9. The SMILES string of the molecule is Cn1ccnc1S[C@H](C(=O)Nc1ccc(F)cc1)c1ccccc1. The smallest absolute Gasteiger partial charge is 0.242 e. The van der Waals surface area contributed by atoms with Crippen molar-refractivity contribution in [3.63, 3.8) is 0 Å². The number of imidazole rings is 1. The van der Waals surface area contributed by atoms with E-state index < -0.39 is 5.25 Å². The van der Waals surface area contributed by atoms with Crippen LogP contribution in [0, 0.1) is 5.82 Å². The van der Waals surface area contributed by atoms with Crippen LogP contribution in [-0.2, 0) is 11.8 Å². The van der Waals surface area contributed by atoms with E-state index in [0.29, 0.717) is 5.69 Å². The minimum atomic E-state index is -0.461. The summed E-state index contributed by atoms with van der Waals surface area (Å²) in [7, 11) is 1.88. The first-order valence-corrected chi connectivity index (χ1v) is 8.27. The lowest BCUT2D eigenvalue weighted by atomic mass is 10.1. The summed E-state index contributed by atoms with van der Waals surface area (Å²) in [5, 5.41) is 3.12. The second-order valence-electron chi connectivity index (χ2n) is 5.23. The summed E-state index contributed by atoms with van der Waals surface area (Å²) < 4.78 is 14.9. The lowest BCUT2D eigenvalue weighted by molar-refractivity contribution is -0.115. The van der Waals surface area contributed by atoms with Gasteiger partial charge in [-0.05, 0) is 29.8 Å². The van der Waals surface area contributed by atoms with Crippen LogP contribution < -0.4 is 5.32 Å². The molecule has 1 N–H and O–H groups in total. The lowest BCUT2D eigenvalue weighted by Gasteiger charge is -2.16. The van der Waals surface area contributed by atoms with Gasteiger partial charge in [0, 0.05) is 25.1 Å². The van der Waals surface area contributed by atoms with E-state index >= 15 is 0 Å². The van der Waals surface area contributed by atoms with Crippen LogP contribution in [0.5, 0.6) is 0 Å². The number of nitrogens with one attached hydrogen (secondary N) is 1. The molecule has 0 spiro atoms. The average molecular weight is 341 g/mol. The Morgan fingerprint density at radius 2 is 1.88 bits per heavy atom. The van der Waals surface area contributed by atoms with E-state index in [1.807, 2.05) is 48.1 Å². The maximum absolute atomic E-state index is 13.0. The summed E-state index contributed by atoms with van der Waals surface area (Å²) in [6.07, 6.45) is 3.53. The van der Waals surface area contributed by atoms with Crippen LogP contribution in [0.25, 0.3) is 0 Å². The lowest BCUT2D eigenvalue weighted by Crippen LogP contribution is -2.19. The Morgan fingerprint density at radius 3 is 2.50 bits per heavy atom. The van der Waals surface area contributed by atoms with Crippen molar-refractivity contribution in [2.75, 3.05) is 5.32 Å². The number of aryl methyl sites for hydroxylation is 1. The Morgan fingerprint density at radius 1 is 1.17 bits per heavy atom. The number of hydrogen-bond donors (Lipinski definition) is 1. The molecule has 0 saturated heterocycles. The fraction of sp³-hybridized carbons (Fsp3) is 0.111. The first-order valence-electron chi connectivity index (χ1n) is 7.39. The minimum absolute atomic E-state index is 0.180. The quantitative estimate of drug-likeness (QED) is 0.713. The van der Waals surface area contributed by atoms with Crippen molar-refractivity contribution in [2.45, 2.75) is 10.4 Å². The van der Waals surface area contributed by atoms with Crippen LogP contribution in [0.1, 0.15) is 10.8 Å². The van der Waals surface area contributed by atoms with Crippen molar-refractivity contribution in [1.29, 1.82) is 0 Å². The minimum Gasteiger partial charge on any atom is -0.329 e. The molecule has 1 aromatic heterocycles. The van der Waals surface area contributed by atoms with Crippen molar-refractivity contribution in [2.24, 2.45) is 7.05 Å². The van der Waals surface area contributed by atoms with Crippen molar-refractivity contribution in [3.8, 4) is 0 Å². The summed E-state index contributed by atoms with van der Waals surface area (Å²) in [6, 6.07) is 15.2. The number of carbonyl (C=O) groups excluding carboxylic acids is 1. The number of thioether (sulfide) groups is 1. The van der Waals surface area contributed by atoms with Gasteiger partial charge in [-0.15, -0.1) is 0 Å². The van der Waals surface area contributed by atoms with Crippen LogP contribution in [0.15, 0.2) is 72.1 Å². The maximum atomic E-state index is 13.0. The first-order chi connectivity index (χ1) is 11.6. The molecule has 1 atom stereocenters. The van der Waals surface area contributed by atoms with Crippen molar-refractivity contribution in [3.05, 3.63) is 78.4 Å². The molecule has 122 valence electrons. The molecule has 0 radical (unpaired) electrons. The Hall–Kier alpha value is -2.60. The topological polar surface area (TPSA) is 46.9 Å². The summed E-state index contributed by atoms with van der Waals surface area (Å²) in [4.78, 5) is 17.1. The van der Waals surface area contributed by atoms with Gasteiger partial charge in [0.1, 0.15) is 11.1 Å². The van der Waals surface area contributed by atoms with Crippen molar-refractivity contribution in [1.82, 2.24) is 9.55 Å². The second-order valence-corrected chi connectivity index (χ2v) is 6.30. The Kier molecular flexibility index (Phi) is 4.96. The Bertz CT molecular complexity index is 818. The van der Waals surface area contributed by atoms with Crippen LogP contribution >= 0.6 is 11.8 Å². The van der Waals surface area contributed by atoms with Crippen molar-refractivity contribution >= 4 is 23.4 Å². The van der Waals surface area contributed by atoms with E-state index in [9.17, 15) is 9.18 Å². The number of anilines is 1. The van der Waals surface area contributed by atoms with E-state index in [2.05, 4.69) is 10.3 Å². The number of benzene rings is 2. The van der Waals surface area contributed by atoms with Gasteiger partial charge in [0.25, 0.3) is 0 Å². The van der Waals surface area contributed by atoms with Crippen molar-refractivity contribution < 1.29 is 9.18 Å². The summed E-state index contributed by atoms with van der Waals surface area (Å²) in [6.45, 7) is 0. The van der Waals surface area contributed by atoms with E-state index in [-0.39, 0.29) is 11.7 Å². The number of nitrogens with zero attached hydrogens (tertiary/aromatic N) is 2. The normalized spacial score (nSPS) is 11.9. The van der Waals surface area contributed by atoms with E-state index in [4.69, 9.17) is 0 Å². The molecule has 0 unspecified atom stereocenters. The second kappa shape index (κ2) is 7.31. The predicted octanol–water partition coefficient (Wildman–Crippen LogP) is 4.03. The van der Waals surface area contributed by atoms with E-state index in [0.717, 1.165) is 10.7 Å². The van der Waals surface area contributed by atoms with E-state index in [1.165, 1.54) is 23.9 Å². The molecule has 0 saturated carbocycles. The molecule has 0 aliphatic carbocycles. The van der Waals surface area contributed by atoms with Gasteiger partial charge in [-0.2, -0.15) is 0 Å². The van der Waals surface area contributed by atoms with Crippen LogP contribution in [0.3, 0.4) is 0 Å². The average Bonchev–Trinajstić information content (AvgIpc) is 3.00. The molecule has 1 amide bonds. The molecular formula is C18H16FN3OS. The molecule has 0 aliphatic heterocycles. The molecule has 3 aromatic rings. The number of carbonyl (C=O) groups is 1. The van der Waals surface area contributed by atoms with Gasteiger partial charge in [0.15, 0.2) is 5.16 Å². The highest BCUT2D eigenvalue weighted by Crippen LogP contribution is 2.35. The third-order valence-electron chi connectivity index (χ3n) is 3.45.